The largest absolute Gasteiger partial charge is 0.476 e. The first-order chi connectivity index (χ1) is 8.18. The number of hydrogen-bond acceptors (Lipinski definition) is 5. The van der Waals surface area contributed by atoms with Crippen molar-refractivity contribution in [1.29, 1.82) is 0 Å². The van der Waals surface area contributed by atoms with E-state index in [9.17, 15) is 4.79 Å². The molecule has 0 fully saturated rings. The van der Waals surface area contributed by atoms with Crippen LogP contribution in [0.25, 0.3) is 17.2 Å². The summed E-state index contributed by atoms with van der Waals surface area (Å²) in [5.74, 6) is -0.501. The number of aromatic carboxylic acids is 1. The molecule has 3 aromatic heterocycles. The minimum absolute atomic E-state index is 0.186. The predicted molar refractivity (Wildman–Crippen MR) is 54.4 cm³/mol. The molecule has 0 atom stereocenters. The normalized spacial score (nSPS) is 11.1. The molecule has 0 aliphatic heterocycles. The topological polar surface area (TPSA) is 98.5 Å². The summed E-state index contributed by atoms with van der Waals surface area (Å²) >= 11 is 0. The second kappa shape index (κ2) is 3.17. The molecular formula is C9H7N5O3. The fourth-order valence-electron chi connectivity index (χ4n) is 1.71. The first kappa shape index (κ1) is 9.58. The molecule has 8 heteroatoms. The molecule has 8 nitrogen and oxygen atoms in total. The van der Waals surface area contributed by atoms with E-state index in [0.717, 1.165) is 0 Å². The minimum atomic E-state index is -1.18. The SMILES string of the molecule is Cn1c(-c2nonc2C(=O)O)cn2ccnc12. The van der Waals surface area contributed by atoms with Gasteiger partial charge in [0.05, 0.1) is 5.69 Å². The first-order valence-electron chi connectivity index (χ1n) is 4.73. The summed E-state index contributed by atoms with van der Waals surface area (Å²) in [6.45, 7) is 0. The standard InChI is InChI=1S/C9H7N5O3/c1-13-5(4-14-3-2-10-9(13)14)6-7(8(15)16)12-17-11-6/h2-4H,1H3,(H,15,16). The maximum Gasteiger partial charge on any atom is 0.360 e. The average molecular weight is 233 g/mol. The Bertz CT molecular complexity index is 707. The van der Waals surface area contributed by atoms with Crippen LogP contribution in [-0.4, -0.2) is 35.3 Å². The molecule has 86 valence electrons. The second-order valence-electron chi connectivity index (χ2n) is 3.47. The summed E-state index contributed by atoms with van der Waals surface area (Å²) in [7, 11) is 1.76. The quantitative estimate of drug-likeness (QED) is 0.688. The molecule has 0 saturated carbocycles. The Morgan fingerprint density at radius 1 is 1.47 bits per heavy atom. The third-order valence-corrected chi connectivity index (χ3v) is 2.50. The monoisotopic (exact) mass is 233 g/mol. The van der Waals surface area contributed by atoms with Crippen molar-refractivity contribution in [1.82, 2.24) is 24.3 Å². The van der Waals surface area contributed by atoms with Gasteiger partial charge in [-0.05, 0) is 10.3 Å². The molecule has 0 unspecified atom stereocenters. The van der Waals surface area contributed by atoms with Crippen molar-refractivity contribution < 1.29 is 14.5 Å². The van der Waals surface area contributed by atoms with Crippen LogP contribution in [0.5, 0.6) is 0 Å². The molecule has 0 bridgehead atoms. The number of carboxylic acids is 1. The van der Waals surface area contributed by atoms with Gasteiger partial charge >= 0.3 is 5.97 Å². The zero-order valence-electron chi connectivity index (χ0n) is 8.73. The number of hydrogen-bond donors (Lipinski definition) is 1. The van der Waals surface area contributed by atoms with Gasteiger partial charge in [-0.2, -0.15) is 0 Å². The highest BCUT2D eigenvalue weighted by Gasteiger charge is 2.22. The zero-order chi connectivity index (χ0) is 12.0. The fourth-order valence-corrected chi connectivity index (χ4v) is 1.71. The van der Waals surface area contributed by atoms with Crippen LogP contribution in [0.15, 0.2) is 23.2 Å². The van der Waals surface area contributed by atoms with Gasteiger partial charge in [-0.3, -0.25) is 4.40 Å². The van der Waals surface area contributed by atoms with Gasteiger partial charge in [0.15, 0.2) is 5.69 Å². The lowest BCUT2D eigenvalue weighted by Gasteiger charge is -1.97. The van der Waals surface area contributed by atoms with E-state index in [2.05, 4.69) is 19.9 Å². The molecule has 0 spiro atoms. The van der Waals surface area contributed by atoms with Gasteiger partial charge in [0.2, 0.25) is 11.5 Å². The molecule has 0 aliphatic rings. The first-order valence-corrected chi connectivity index (χ1v) is 4.73. The van der Waals surface area contributed by atoms with Crippen molar-refractivity contribution in [3.8, 4) is 11.4 Å². The van der Waals surface area contributed by atoms with E-state index >= 15 is 0 Å². The summed E-state index contributed by atoms with van der Waals surface area (Å²) in [4.78, 5) is 15.0. The van der Waals surface area contributed by atoms with E-state index in [1.165, 1.54) is 0 Å². The molecule has 0 aliphatic carbocycles. The van der Waals surface area contributed by atoms with Gasteiger partial charge in [0.1, 0.15) is 0 Å². The van der Waals surface area contributed by atoms with Crippen molar-refractivity contribution in [2.45, 2.75) is 0 Å². The molecule has 3 aromatic rings. The van der Waals surface area contributed by atoms with Crippen LogP contribution in [0.4, 0.5) is 0 Å². The summed E-state index contributed by atoms with van der Waals surface area (Å²) in [6, 6.07) is 0. The van der Waals surface area contributed by atoms with Gasteiger partial charge in [-0.25, -0.2) is 14.4 Å². The van der Waals surface area contributed by atoms with Crippen LogP contribution in [0.3, 0.4) is 0 Å². The Balaban J connectivity index is 2.26. The van der Waals surface area contributed by atoms with Crippen LogP contribution in [0, 0.1) is 0 Å². The molecule has 0 aromatic carbocycles. The number of rotatable bonds is 2. The van der Waals surface area contributed by atoms with E-state index < -0.39 is 5.97 Å². The van der Waals surface area contributed by atoms with Crippen molar-refractivity contribution in [2.75, 3.05) is 0 Å². The molecule has 3 rings (SSSR count). The molecule has 0 amide bonds. The number of carbonyl (C=O) groups is 1. The molecule has 1 N–H and O–H groups in total. The van der Waals surface area contributed by atoms with Crippen LogP contribution in [-0.2, 0) is 7.05 Å². The Labute approximate surface area is 94.1 Å². The van der Waals surface area contributed by atoms with Gasteiger partial charge in [-0.1, -0.05) is 0 Å². The highest BCUT2D eigenvalue weighted by atomic mass is 16.6. The highest BCUT2D eigenvalue weighted by molar-refractivity contribution is 5.91. The van der Waals surface area contributed by atoms with Gasteiger partial charge in [-0.15, -0.1) is 0 Å². The average Bonchev–Trinajstić information content (AvgIpc) is 2.95. The van der Waals surface area contributed by atoms with E-state index in [-0.39, 0.29) is 11.4 Å². The lowest BCUT2D eigenvalue weighted by Crippen LogP contribution is -2.01. The van der Waals surface area contributed by atoms with Crippen LogP contribution in [0.2, 0.25) is 0 Å². The van der Waals surface area contributed by atoms with Crippen molar-refractivity contribution in [2.24, 2.45) is 7.05 Å². The number of fused-ring (bicyclic) bond motifs is 1. The number of nitrogens with zero attached hydrogens (tertiary/aromatic N) is 5. The third-order valence-electron chi connectivity index (χ3n) is 2.50. The van der Waals surface area contributed by atoms with Crippen molar-refractivity contribution in [3.05, 3.63) is 24.3 Å². The third kappa shape index (κ3) is 1.24. The molecule has 17 heavy (non-hydrogen) atoms. The molecule has 0 radical (unpaired) electrons. The van der Waals surface area contributed by atoms with E-state index in [0.29, 0.717) is 11.5 Å². The molecular weight excluding hydrogens is 226 g/mol. The maximum absolute atomic E-state index is 10.9. The van der Waals surface area contributed by atoms with Crippen LogP contribution in [0.1, 0.15) is 10.5 Å². The van der Waals surface area contributed by atoms with Gasteiger partial charge in [0.25, 0.3) is 0 Å². The van der Waals surface area contributed by atoms with Gasteiger partial charge < -0.3 is 9.67 Å². The van der Waals surface area contributed by atoms with Crippen molar-refractivity contribution in [3.63, 3.8) is 0 Å². The zero-order valence-corrected chi connectivity index (χ0v) is 8.73. The number of aryl methyl sites for hydroxylation is 1. The highest BCUT2D eigenvalue weighted by Crippen LogP contribution is 2.22. The molecule has 3 heterocycles. The summed E-state index contributed by atoms with van der Waals surface area (Å²) in [5.41, 5.74) is 0.547. The minimum Gasteiger partial charge on any atom is -0.476 e. The lowest BCUT2D eigenvalue weighted by atomic mass is 10.2. The number of imidazole rings is 2. The van der Waals surface area contributed by atoms with E-state index in [1.807, 2.05) is 0 Å². The fraction of sp³-hybridized carbons (Fsp3) is 0.111. The predicted octanol–water partition coefficient (Wildman–Crippen LogP) is 0.421. The number of carboxylic acid groups (broad SMARTS) is 1. The maximum atomic E-state index is 10.9. The number of aromatic nitrogens is 5. The Morgan fingerprint density at radius 2 is 2.29 bits per heavy atom. The van der Waals surface area contributed by atoms with Crippen LogP contribution >= 0.6 is 0 Å². The second-order valence-corrected chi connectivity index (χ2v) is 3.47. The summed E-state index contributed by atoms with van der Waals surface area (Å²) < 4.78 is 7.94. The van der Waals surface area contributed by atoms with Gasteiger partial charge in [0, 0.05) is 25.6 Å². The Kier molecular flexibility index (Phi) is 1.79. The Morgan fingerprint density at radius 3 is 3.00 bits per heavy atom. The van der Waals surface area contributed by atoms with Crippen molar-refractivity contribution >= 4 is 11.7 Å². The summed E-state index contributed by atoms with van der Waals surface area (Å²) in [6.07, 6.45) is 5.12. The van der Waals surface area contributed by atoms with E-state index in [1.54, 1.807) is 34.6 Å². The van der Waals surface area contributed by atoms with E-state index in [4.69, 9.17) is 5.11 Å². The summed E-state index contributed by atoms with van der Waals surface area (Å²) in [5, 5.41) is 15.9. The van der Waals surface area contributed by atoms with Crippen LogP contribution < -0.4 is 0 Å². The Hall–Kier alpha value is -2.64. The smallest absolute Gasteiger partial charge is 0.360 e. The lowest BCUT2D eigenvalue weighted by molar-refractivity contribution is 0.0685. The molecule has 0 saturated heterocycles.